The first-order valence-corrected chi connectivity index (χ1v) is 7.33. The van der Waals surface area contributed by atoms with Gasteiger partial charge in [-0.15, -0.1) is 0 Å². The Bertz CT molecular complexity index is 736. The van der Waals surface area contributed by atoms with Crippen LogP contribution in [0.4, 0.5) is 17.1 Å². The minimum absolute atomic E-state index is 0.242. The summed E-state index contributed by atoms with van der Waals surface area (Å²) in [6.45, 7) is 1.41. The van der Waals surface area contributed by atoms with E-state index >= 15 is 0 Å². The summed E-state index contributed by atoms with van der Waals surface area (Å²) in [5, 5.41) is 22.7. The Hall–Kier alpha value is -2.90. The maximum absolute atomic E-state index is 11.4. The van der Waals surface area contributed by atoms with Crippen LogP contribution in [0.2, 0.25) is 0 Å². The van der Waals surface area contributed by atoms with Gasteiger partial charge in [-0.05, 0) is 37.5 Å². The third kappa shape index (κ3) is 2.87. The standard InChI is InChI=1S/C15H15N3O5/c19-17(20)12-10-14(18(21)22)13(16-6-2-1-3-7-16)9-11(12)15-5-4-8-23-15/h4-5,8-10H,1-3,6-7H2. The van der Waals surface area contributed by atoms with Gasteiger partial charge in [-0.25, -0.2) is 0 Å². The van der Waals surface area contributed by atoms with Crippen LogP contribution in [0.15, 0.2) is 34.9 Å². The predicted molar refractivity (Wildman–Crippen MR) is 83.5 cm³/mol. The fraction of sp³-hybridized carbons (Fsp3) is 0.333. The molecule has 8 heteroatoms. The summed E-state index contributed by atoms with van der Waals surface area (Å²) in [4.78, 5) is 23.4. The highest BCUT2D eigenvalue weighted by molar-refractivity contribution is 5.80. The molecule has 0 aliphatic carbocycles. The molecule has 0 amide bonds. The number of nitro groups is 2. The van der Waals surface area contributed by atoms with Gasteiger partial charge >= 0.3 is 0 Å². The molecule has 1 aliphatic heterocycles. The number of hydrogen-bond donors (Lipinski definition) is 0. The van der Waals surface area contributed by atoms with Crippen LogP contribution < -0.4 is 4.90 Å². The first-order chi connectivity index (χ1) is 11.1. The van der Waals surface area contributed by atoms with Crippen molar-refractivity contribution in [2.45, 2.75) is 19.3 Å². The number of benzene rings is 1. The highest BCUT2D eigenvalue weighted by Crippen LogP contribution is 2.40. The molecule has 23 heavy (non-hydrogen) atoms. The number of rotatable bonds is 4. The van der Waals surface area contributed by atoms with Gasteiger partial charge in [-0.1, -0.05) is 0 Å². The zero-order chi connectivity index (χ0) is 16.4. The van der Waals surface area contributed by atoms with E-state index < -0.39 is 9.85 Å². The monoisotopic (exact) mass is 317 g/mol. The van der Waals surface area contributed by atoms with Gasteiger partial charge < -0.3 is 9.32 Å². The number of nitrogens with zero attached hydrogens (tertiary/aromatic N) is 3. The predicted octanol–water partition coefficient (Wildman–Crippen LogP) is 3.75. The Balaban J connectivity index is 2.19. The molecule has 1 aromatic heterocycles. The van der Waals surface area contributed by atoms with Crippen LogP contribution >= 0.6 is 0 Å². The van der Waals surface area contributed by atoms with Crippen molar-refractivity contribution in [1.82, 2.24) is 0 Å². The van der Waals surface area contributed by atoms with E-state index in [4.69, 9.17) is 4.42 Å². The van der Waals surface area contributed by atoms with Crippen molar-refractivity contribution in [3.8, 4) is 11.3 Å². The average Bonchev–Trinajstić information content (AvgIpc) is 3.08. The summed E-state index contributed by atoms with van der Waals surface area (Å²) in [7, 11) is 0. The van der Waals surface area contributed by atoms with Crippen molar-refractivity contribution in [3.05, 3.63) is 50.8 Å². The molecule has 120 valence electrons. The summed E-state index contributed by atoms with van der Waals surface area (Å²) in [6, 6.07) is 5.76. The smallest absolute Gasteiger partial charge is 0.299 e. The van der Waals surface area contributed by atoms with E-state index in [2.05, 4.69) is 0 Å². The second-order valence-electron chi connectivity index (χ2n) is 5.40. The normalized spacial score (nSPS) is 14.7. The molecule has 0 atom stereocenters. The largest absolute Gasteiger partial charge is 0.464 e. The van der Waals surface area contributed by atoms with Crippen LogP contribution in [0.3, 0.4) is 0 Å². The molecule has 1 fully saturated rings. The van der Waals surface area contributed by atoms with Crippen LogP contribution in [0, 0.1) is 20.2 Å². The number of nitro benzene ring substituents is 2. The van der Waals surface area contributed by atoms with Crippen molar-refractivity contribution < 1.29 is 14.3 Å². The minimum Gasteiger partial charge on any atom is -0.464 e. The Morgan fingerprint density at radius 3 is 2.26 bits per heavy atom. The fourth-order valence-corrected chi connectivity index (χ4v) is 2.88. The third-order valence-electron chi connectivity index (χ3n) is 3.97. The maximum atomic E-state index is 11.4. The van der Waals surface area contributed by atoms with E-state index in [1.54, 1.807) is 12.1 Å². The van der Waals surface area contributed by atoms with Crippen molar-refractivity contribution in [1.29, 1.82) is 0 Å². The van der Waals surface area contributed by atoms with Gasteiger partial charge in [0.2, 0.25) is 0 Å². The second kappa shape index (κ2) is 6.07. The summed E-state index contributed by atoms with van der Waals surface area (Å²) in [5.41, 5.74) is 0.0965. The maximum Gasteiger partial charge on any atom is 0.299 e. The molecular weight excluding hydrogens is 302 g/mol. The van der Waals surface area contributed by atoms with Crippen LogP contribution in [-0.4, -0.2) is 22.9 Å². The molecule has 1 aliphatic rings. The molecule has 0 unspecified atom stereocenters. The van der Waals surface area contributed by atoms with E-state index in [-0.39, 0.29) is 16.9 Å². The molecular formula is C15H15N3O5. The minimum atomic E-state index is -0.620. The fourth-order valence-electron chi connectivity index (χ4n) is 2.88. The molecule has 1 aromatic carbocycles. The van der Waals surface area contributed by atoms with Crippen molar-refractivity contribution in [2.24, 2.45) is 0 Å². The molecule has 0 bridgehead atoms. The second-order valence-corrected chi connectivity index (χ2v) is 5.40. The molecule has 0 spiro atoms. The quantitative estimate of drug-likeness (QED) is 0.628. The lowest BCUT2D eigenvalue weighted by Gasteiger charge is -2.28. The molecule has 1 saturated heterocycles. The molecule has 8 nitrogen and oxygen atoms in total. The lowest BCUT2D eigenvalue weighted by molar-refractivity contribution is -0.393. The molecule has 0 radical (unpaired) electrons. The number of piperidine rings is 1. The molecule has 2 heterocycles. The first kappa shape index (κ1) is 15.0. The molecule has 0 saturated carbocycles. The number of anilines is 1. The molecule has 3 rings (SSSR count). The third-order valence-corrected chi connectivity index (χ3v) is 3.97. The van der Waals surface area contributed by atoms with Crippen LogP contribution in [0.5, 0.6) is 0 Å². The van der Waals surface area contributed by atoms with E-state index in [1.807, 2.05) is 4.90 Å². The van der Waals surface area contributed by atoms with Gasteiger partial charge in [-0.2, -0.15) is 0 Å². The van der Waals surface area contributed by atoms with Gasteiger partial charge in [-0.3, -0.25) is 20.2 Å². The van der Waals surface area contributed by atoms with Gasteiger partial charge in [0, 0.05) is 13.1 Å². The van der Waals surface area contributed by atoms with Crippen LogP contribution in [0.25, 0.3) is 11.3 Å². The first-order valence-electron chi connectivity index (χ1n) is 7.33. The van der Waals surface area contributed by atoms with Crippen LogP contribution in [-0.2, 0) is 0 Å². The lowest BCUT2D eigenvalue weighted by Crippen LogP contribution is -2.30. The molecule has 0 N–H and O–H groups in total. The van der Waals surface area contributed by atoms with Gasteiger partial charge in [0.1, 0.15) is 11.4 Å². The topological polar surface area (TPSA) is 103 Å². The Labute approximate surface area is 131 Å². The number of furan rings is 1. The lowest BCUT2D eigenvalue weighted by atomic mass is 10.0. The average molecular weight is 317 g/mol. The van der Waals surface area contributed by atoms with Gasteiger partial charge in [0.25, 0.3) is 11.4 Å². The summed E-state index contributed by atoms with van der Waals surface area (Å²) in [6.07, 6.45) is 4.40. The summed E-state index contributed by atoms with van der Waals surface area (Å²) >= 11 is 0. The van der Waals surface area contributed by atoms with Gasteiger partial charge in [0.05, 0.1) is 27.7 Å². The van der Waals surface area contributed by atoms with Crippen molar-refractivity contribution in [2.75, 3.05) is 18.0 Å². The summed E-state index contributed by atoms with van der Waals surface area (Å²) < 4.78 is 5.26. The Kier molecular flexibility index (Phi) is 3.96. The van der Waals surface area contributed by atoms with E-state index in [9.17, 15) is 20.2 Å². The van der Waals surface area contributed by atoms with E-state index in [1.165, 1.54) is 12.3 Å². The Morgan fingerprint density at radius 2 is 1.70 bits per heavy atom. The van der Waals surface area contributed by atoms with E-state index in [0.29, 0.717) is 24.5 Å². The Morgan fingerprint density at radius 1 is 1.00 bits per heavy atom. The van der Waals surface area contributed by atoms with Crippen molar-refractivity contribution >= 4 is 17.1 Å². The van der Waals surface area contributed by atoms with E-state index in [0.717, 1.165) is 25.3 Å². The van der Waals surface area contributed by atoms with Gasteiger partial charge in [0.15, 0.2) is 0 Å². The van der Waals surface area contributed by atoms with Crippen molar-refractivity contribution in [3.63, 3.8) is 0 Å². The summed E-state index contributed by atoms with van der Waals surface area (Å²) in [5.74, 6) is 0.324. The zero-order valence-corrected chi connectivity index (χ0v) is 12.3. The van der Waals surface area contributed by atoms with Crippen LogP contribution in [0.1, 0.15) is 19.3 Å². The number of hydrogen-bond acceptors (Lipinski definition) is 6. The highest BCUT2D eigenvalue weighted by Gasteiger charge is 2.29. The highest BCUT2D eigenvalue weighted by atomic mass is 16.6. The zero-order valence-electron chi connectivity index (χ0n) is 12.3. The SMILES string of the molecule is O=[N+]([O-])c1cc([N+](=O)[O-])c(N2CCCCC2)cc1-c1ccco1. The molecule has 2 aromatic rings.